The van der Waals surface area contributed by atoms with Crippen LogP contribution in [0.25, 0.3) is 0 Å². The van der Waals surface area contributed by atoms with Crippen LogP contribution >= 0.6 is 0 Å². The lowest BCUT2D eigenvalue weighted by Gasteiger charge is -2.40. The third-order valence-corrected chi connectivity index (χ3v) is 3.19. The SMILES string of the molecule is CCN1CCOC(C)(c2ccccc2)C1. The Morgan fingerprint density at radius 1 is 1.33 bits per heavy atom. The number of benzene rings is 1. The summed E-state index contributed by atoms with van der Waals surface area (Å²) in [5.74, 6) is 0. The van der Waals surface area contributed by atoms with Gasteiger partial charge in [-0.25, -0.2) is 0 Å². The van der Waals surface area contributed by atoms with Gasteiger partial charge in [0.15, 0.2) is 0 Å². The van der Waals surface area contributed by atoms with Crippen LogP contribution in [0, 0.1) is 0 Å². The average molecular weight is 205 g/mol. The molecule has 1 unspecified atom stereocenters. The molecule has 2 nitrogen and oxygen atoms in total. The molecule has 1 fully saturated rings. The van der Waals surface area contributed by atoms with E-state index in [4.69, 9.17) is 4.74 Å². The van der Waals surface area contributed by atoms with Gasteiger partial charge in [0.1, 0.15) is 5.60 Å². The van der Waals surface area contributed by atoms with Gasteiger partial charge in [-0.15, -0.1) is 0 Å². The Morgan fingerprint density at radius 3 is 2.73 bits per heavy atom. The Labute approximate surface area is 91.9 Å². The maximum absolute atomic E-state index is 5.94. The molecule has 1 aromatic carbocycles. The van der Waals surface area contributed by atoms with Crippen molar-refractivity contribution in [3.05, 3.63) is 35.9 Å². The van der Waals surface area contributed by atoms with E-state index >= 15 is 0 Å². The zero-order valence-corrected chi connectivity index (χ0v) is 9.57. The van der Waals surface area contributed by atoms with Crippen LogP contribution < -0.4 is 0 Å². The lowest BCUT2D eigenvalue weighted by molar-refractivity contribution is -0.102. The van der Waals surface area contributed by atoms with Gasteiger partial charge in [0.25, 0.3) is 0 Å². The number of morpholine rings is 1. The van der Waals surface area contributed by atoms with Crippen molar-refractivity contribution in [3.8, 4) is 0 Å². The number of rotatable bonds is 2. The maximum Gasteiger partial charge on any atom is 0.103 e. The molecule has 0 aromatic heterocycles. The van der Waals surface area contributed by atoms with Crippen molar-refractivity contribution in [3.63, 3.8) is 0 Å². The molecule has 15 heavy (non-hydrogen) atoms. The monoisotopic (exact) mass is 205 g/mol. The number of ether oxygens (including phenoxy) is 1. The molecule has 1 saturated heterocycles. The number of nitrogens with zero attached hydrogens (tertiary/aromatic N) is 1. The van der Waals surface area contributed by atoms with Gasteiger partial charge in [0.2, 0.25) is 0 Å². The van der Waals surface area contributed by atoms with E-state index in [1.54, 1.807) is 0 Å². The van der Waals surface area contributed by atoms with Crippen LogP contribution in [0.2, 0.25) is 0 Å². The Morgan fingerprint density at radius 2 is 2.07 bits per heavy atom. The summed E-state index contributed by atoms with van der Waals surface area (Å²) in [6.45, 7) is 8.37. The largest absolute Gasteiger partial charge is 0.368 e. The summed E-state index contributed by atoms with van der Waals surface area (Å²) in [5, 5.41) is 0. The van der Waals surface area contributed by atoms with E-state index in [1.807, 2.05) is 6.07 Å². The predicted octanol–water partition coefficient (Wildman–Crippen LogP) is 2.25. The fraction of sp³-hybridized carbons (Fsp3) is 0.538. The van der Waals surface area contributed by atoms with E-state index < -0.39 is 0 Å². The van der Waals surface area contributed by atoms with Crippen molar-refractivity contribution < 1.29 is 4.74 Å². The third kappa shape index (κ3) is 2.21. The van der Waals surface area contributed by atoms with E-state index in [1.165, 1.54) is 5.56 Å². The molecule has 0 spiro atoms. The summed E-state index contributed by atoms with van der Waals surface area (Å²) >= 11 is 0. The van der Waals surface area contributed by atoms with Gasteiger partial charge in [-0.3, -0.25) is 4.90 Å². The number of hydrogen-bond donors (Lipinski definition) is 0. The molecule has 1 aliphatic rings. The molecule has 82 valence electrons. The maximum atomic E-state index is 5.94. The van der Waals surface area contributed by atoms with E-state index in [9.17, 15) is 0 Å². The van der Waals surface area contributed by atoms with Crippen molar-refractivity contribution in [2.45, 2.75) is 19.4 Å². The number of hydrogen-bond acceptors (Lipinski definition) is 2. The predicted molar refractivity (Wildman–Crippen MR) is 61.9 cm³/mol. The van der Waals surface area contributed by atoms with Gasteiger partial charge in [0, 0.05) is 13.1 Å². The molecule has 0 aliphatic carbocycles. The molecule has 0 N–H and O–H groups in total. The molecule has 2 heteroatoms. The highest BCUT2D eigenvalue weighted by atomic mass is 16.5. The lowest BCUT2D eigenvalue weighted by atomic mass is 9.94. The van der Waals surface area contributed by atoms with Gasteiger partial charge in [-0.2, -0.15) is 0 Å². The highest BCUT2D eigenvalue weighted by Crippen LogP contribution is 2.28. The fourth-order valence-electron chi connectivity index (χ4n) is 2.19. The van der Waals surface area contributed by atoms with E-state index in [0.29, 0.717) is 0 Å². The molecule has 1 aliphatic heterocycles. The first-order valence-corrected chi connectivity index (χ1v) is 5.66. The standard InChI is InChI=1S/C13H19NO/c1-3-14-9-10-15-13(2,11-14)12-7-5-4-6-8-12/h4-8H,3,9-11H2,1-2H3. The summed E-state index contributed by atoms with van der Waals surface area (Å²) in [4.78, 5) is 2.44. The minimum absolute atomic E-state index is 0.129. The molecule has 1 aromatic rings. The Balaban J connectivity index is 2.19. The van der Waals surface area contributed by atoms with Gasteiger partial charge in [-0.05, 0) is 19.0 Å². The molecule has 1 atom stereocenters. The number of likely N-dealkylation sites (N-methyl/N-ethyl adjacent to an activating group) is 1. The van der Waals surface area contributed by atoms with Crippen LogP contribution in [0.4, 0.5) is 0 Å². The lowest BCUT2D eigenvalue weighted by Crippen LogP contribution is -2.47. The van der Waals surface area contributed by atoms with Crippen molar-refractivity contribution in [1.29, 1.82) is 0 Å². The van der Waals surface area contributed by atoms with Crippen LogP contribution in [0.15, 0.2) is 30.3 Å². The van der Waals surface area contributed by atoms with Crippen LogP contribution in [0.3, 0.4) is 0 Å². The summed E-state index contributed by atoms with van der Waals surface area (Å²) in [6.07, 6.45) is 0. The quantitative estimate of drug-likeness (QED) is 0.734. The summed E-state index contributed by atoms with van der Waals surface area (Å²) in [6, 6.07) is 10.5. The van der Waals surface area contributed by atoms with E-state index in [-0.39, 0.29) is 5.60 Å². The second-order valence-corrected chi connectivity index (χ2v) is 4.31. The van der Waals surface area contributed by atoms with Gasteiger partial charge in [0.05, 0.1) is 6.61 Å². The first-order valence-electron chi connectivity index (χ1n) is 5.66. The first kappa shape index (κ1) is 10.7. The molecule has 0 saturated carbocycles. The molecule has 1 heterocycles. The first-order chi connectivity index (χ1) is 7.24. The van der Waals surface area contributed by atoms with Crippen LogP contribution in [0.1, 0.15) is 19.4 Å². The molecule has 0 amide bonds. The van der Waals surface area contributed by atoms with E-state index in [2.05, 4.69) is 43.0 Å². The topological polar surface area (TPSA) is 12.5 Å². The normalized spacial score (nSPS) is 27.9. The molecular formula is C13H19NO. The van der Waals surface area contributed by atoms with Crippen LogP contribution in [0.5, 0.6) is 0 Å². The zero-order valence-electron chi connectivity index (χ0n) is 9.57. The minimum Gasteiger partial charge on any atom is -0.368 e. The van der Waals surface area contributed by atoms with Crippen molar-refractivity contribution in [2.24, 2.45) is 0 Å². The van der Waals surface area contributed by atoms with Gasteiger partial charge >= 0.3 is 0 Å². The zero-order chi connectivity index (χ0) is 10.7. The minimum atomic E-state index is -0.129. The molecule has 0 radical (unpaired) electrons. The van der Waals surface area contributed by atoms with Gasteiger partial charge < -0.3 is 4.74 Å². The van der Waals surface area contributed by atoms with Crippen LogP contribution in [-0.2, 0) is 10.3 Å². The van der Waals surface area contributed by atoms with E-state index in [0.717, 1.165) is 26.2 Å². The van der Waals surface area contributed by atoms with Crippen LogP contribution in [-0.4, -0.2) is 31.1 Å². The Kier molecular flexibility index (Phi) is 3.08. The second kappa shape index (κ2) is 4.33. The third-order valence-electron chi connectivity index (χ3n) is 3.19. The highest BCUT2D eigenvalue weighted by Gasteiger charge is 2.32. The summed E-state index contributed by atoms with van der Waals surface area (Å²) in [7, 11) is 0. The molecular weight excluding hydrogens is 186 g/mol. The molecule has 0 bridgehead atoms. The Hall–Kier alpha value is -0.860. The van der Waals surface area contributed by atoms with Crippen molar-refractivity contribution in [1.82, 2.24) is 4.90 Å². The second-order valence-electron chi connectivity index (χ2n) is 4.31. The average Bonchev–Trinajstić information content (AvgIpc) is 2.30. The fourth-order valence-corrected chi connectivity index (χ4v) is 2.19. The van der Waals surface area contributed by atoms with Crippen molar-refractivity contribution in [2.75, 3.05) is 26.2 Å². The molecule has 2 rings (SSSR count). The highest BCUT2D eigenvalue weighted by molar-refractivity contribution is 5.22. The Bertz CT molecular complexity index is 312. The van der Waals surface area contributed by atoms with Gasteiger partial charge in [-0.1, -0.05) is 37.3 Å². The summed E-state index contributed by atoms with van der Waals surface area (Å²) < 4.78 is 5.94. The summed E-state index contributed by atoms with van der Waals surface area (Å²) in [5.41, 5.74) is 1.15. The van der Waals surface area contributed by atoms with Crippen molar-refractivity contribution >= 4 is 0 Å². The smallest absolute Gasteiger partial charge is 0.103 e.